The molecular weight excluding hydrogens is 219 g/mol. The van der Waals surface area contributed by atoms with Crippen LogP contribution in [-0.2, 0) is 4.74 Å². The van der Waals surface area contributed by atoms with Gasteiger partial charge in [0.1, 0.15) is 6.17 Å². The molecule has 6 heteroatoms. The number of rotatable bonds is 2. The van der Waals surface area contributed by atoms with E-state index in [0.717, 1.165) is 25.9 Å². The standard InChI is InChI=1S/C11H21BN2O3/c1-8-6-14(7-9(2)17-8)11-4-3-10(5-13-11)12(15)16/h5,8-11,15-16H,3-4,6-7H2,1-2H3/t8-,9+,10-,11?/m1/s1. The third-order valence-corrected chi connectivity index (χ3v) is 3.46. The summed E-state index contributed by atoms with van der Waals surface area (Å²) in [5, 5.41) is 18.2. The number of aliphatic imine (C=N–C) groups is 1. The van der Waals surface area contributed by atoms with Gasteiger partial charge in [-0.2, -0.15) is 0 Å². The minimum atomic E-state index is -1.28. The lowest BCUT2D eigenvalue weighted by atomic mass is 9.70. The summed E-state index contributed by atoms with van der Waals surface area (Å²) in [6.07, 6.45) is 4.04. The number of morpholine rings is 1. The van der Waals surface area contributed by atoms with Crippen molar-refractivity contribution in [1.29, 1.82) is 0 Å². The molecule has 2 heterocycles. The molecule has 4 atom stereocenters. The van der Waals surface area contributed by atoms with E-state index in [1.54, 1.807) is 6.21 Å². The molecule has 2 aliphatic heterocycles. The highest BCUT2D eigenvalue weighted by molar-refractivity contribution is 6.47. The first kappa shape index (κ1) is 13.0. The average Bonchev–Trinajstić information content (AvgIpc) is 2.28. The number of hydrogen-bond acceptors (Lipinski definition) is 5. The van der Waals surface area contributed by atoms with E-state index in [4.69, 9.17) is 14.8 Å². The van der Waals surface area contributed by atoms with Gasteiger partial charge in [0.05, 0.1) is 12.2 Å². The zero-order chi connectivity index (χ0) is 12.4. The smallest absolute Gasteiger partial charge is 0.427 e. The molecule has 0 aromatic rings. The van der Waals surface area contributed by atoms with Crippen LogP contribution in [0.15, 0.2) is 4.99 Å². The first-order valence-electron chi connectivity index (χ1n) is 6.35. The molecule has 0 aromatic carbocycles. The van der Waals surface area contributed by atoms with Crippen LogP contribution in [0.1, 0.15) is 26.7 Å². The lowest BCUT2D eigenvalue weighted by molar-refractivity contribution is -0.0807. The van der Waals surface area contributed by atoms with Gasteiger partial charge in [-0.3, -0.25) is 9.89 Å². The summed E-state index contributed by atoms with van der Waals surface area (Å²) in [4.78, 5) is 6.78. The lowest BCUT2D eigenvalue weighted by Crippen LogP contribution is -2.50. The largest absolute Gasteiger partial charge is 0.460 e. The molecule has 0 aliphatic carbocycles. The van der Waals surface area contributed by atoms with E-state index in [2.05, 4.69) is 23.7 Å². The normalized spacial score (nSPS) is 39.3. The van der Waals surface area contributed by atoms with Gasteiger partial charge in [-0.15, -0.1) is 0 Å². The average molecular weight is 240 g/mol. The Labute approximate surface area is 103 Å². The zero-order valence-corrected chi connectivity index (χ0v) is 10.5. The zero-order valence-electron chi connectivity index (χ0n) is 10.5. The van der Waals surface area contributed by atoms with Gasteiger partial charge in [-0.25, -0.2) is 0 Å². The molecule has 0 saturated carbocycles. The van der Waals surface area contributed by atoms with Crippen LogP contribution in [0.25, 0.3) is 0 Å². The predicted octanol–water partition coefficient (Wildman–Crippen LogP) is 0.129. The van der Waals surface area contributed by atoms with E-state index < -0.39 is 7.12 Å². The number of hydrogen-bond donors (Lipinski definition) is 2. The topological polar surface area (TPSA) is 65.3 Å². The molecule has 96 valence electrons. The second kappa shape index (κ2) is 5.48. The SMILES string of the molecule is C[C@@H]1CN(C2CC[C@@H](B(O)O)C=N2)C[C@H](C)O1. The Kier molecular flexibility index (Phi) is 4.19. The van der Waals surface area contributed by atoms with Gasteiger partial charge >= 0.3 is 7.12 Å². The van der Waals surface area contributed by atoms with Gasteiger partial charge < -0.3 is 14.8 Å². The Balaban J connectivity index is 1.93. The van der Waals surface area contributed by atoms with E-state index in [1.807, 2.05) is 0 Å². The highest BCUT2D eigenvalue weighted by Crippen LogP contribution is 2.25. The Morgan fingerprint density at radius 3 is 2.35 bits per heavy atom. The second-order valence-electron chi connectivity index (χ2n) is 5.14. The lowest BCUT2D eigenvalue weighted by Gasteiger charge is -2.40. The summed E-state index contributed by atoms with van der Waals surface area (Å²) in [7, 11) is -1.28. The summed E-state index contributed by atoms with van der Waals surface area (Å²) in [6, 6.07) is 0. The van der Waals surface area contributed by atoms with E-state index >= 15 is 0 Å². The van der Waals surface area contributed by atoms with E-state index in [9.17, 15) is 0 Å². The maximum absolute atomic E-state index is 9.09. The predicted molar refractivity (Wildman–Crippen MR) is 67.0 cm³/mol. The van der Waals surface area contributed by atoms with E-state index in [-0.39, 0.29) is 24.2 Å². The van der Waals surface area contributed by atoms with E-state index in [0.29, 0.717) is 0 Å². The van der Waals surface area contributed by atoms with Crippen LogP contribution in [0.3, 0.4) is 0 Å². The number of ether oxygens (including phenoxy) is 1. The summed E-state index contributed by atoms with van der Waals surface area (Å²) in [6.45, 7) is 5.96. The molecule has 5 nitrogen and oxygen atoms in total. The van der Waals surface area contributed by atoms with Crippen LogP contribution >= 0.6 is 0 Å². The van der Waals surface area contributed by atoms with Gasteiger partial charge in [-0.05, 0) is 26.7 Å². The summed E-state index contributed by atoms with van der Waals surface area (Å²) < 4.78 is 5.69. The van der Waals surface area contributed by atoms with Crippen molar-refractivity contribution in [2.75, 3.05) is 13.1 Å². The fraction of sp³-hybridized carbons (Fsp3) is 0.909. The summed E-state index contributed by atoms with van der Waals surface area (Å²) >= 11 is 0. The third kappa shape index (κ3) is 3.28. The van der Waals surface area contributed by atoms with Crippen molar-refractivity contribution in [2.45, 2.75) is 50.9 Å². The Hall–Kier alpha value is -0.425. The molecule has 2 N–H and O–H groups in total. The molecular formula is C11H21BN2O3. The third-order valence-electron chi connectivity index (χ3n) is 3.46. The molecule has 1 fully saturated rings. The summed E-state index contributed by atoms with van der Waals surface area (Å²) in [5.74, 6) is -0.206. The monoisotopic (exact) mass is 240 g/mol. The van der Waals surface area contributed by atoms with Gasteiger partial charge in [0, 0.05) is 25.1 Å². The van der Waals surface area contributed by atoms with Crippen LogP contribution in [0.5, 0.6) is 0 Å². The molecule has 0 radical (unpaired) electrons. The highest BCUT2D eigenvalue weighted by Gasteiger charge is 2.32. The molecule has 0 amide bonds. The van der Waals surface area contributed by atoms with Crippen molar-refractivity contribution in [3.05, 3.63) is 0 Å². The maximum atomic E-state index is 9.09. The van der Waals surface area contributed by atoms with Crippen molar-refractivity contribution in [1.82, 2.24) is 4.90 Å². The fourth-order valence-electron chi connectivity index (χ4n) is 2.66. The van der Waals surface area contributed by atoms with Crippen LogP contribution in [0, 0.1) is 0 Å². The second-order valence-corrected chi connectivity index (χ2v) is 5.14. The van der Waals surface area contributed by atoms with Crippen molar-refractivity contribution in [3.63, 3.8) is 0 Å². The molecule has 0 bridgehead atoms. The van der Waals surface area contributed by atoms with Crippen molar-refractivity contribution >= 4 is 13.3 Å². The van der Waals surface area contributed by atoms with Crippen LogP contribution in [0.2, 0.25) is 5.82 Å². The van der Waals surface area contributed by atoms with Gasteiger partial charge in [0.15, 0.2) is 0 Å². The van der Waals surface area contributed by atoms with Gasteiger partial charge in [-0.1, -0.05) is 0 Å². The van der Waals surface area contributed by atoms with Crippen LogP contribution in [0.4, 0.5) is 0 Å². The van der Waals surface area contributed by atoms with E-state index in [1.165, 1.54) is 0 Å². The molecule has 0 aromatic heterocycles. The first-order chi connectivity index (χ1) is 8.06. The molecule has 0 spiro atoms. The van der Waals surface area contributed by atoms with Crippen molar-refractivity contribution in [2.24, 2.45) is 4.99 Å². The minimum Gasteiger partial charge on any atom is -0.427 e. The molecule has 1 saturated heterocycles. The summed E-state index contributed by atoms with van der Waals surface area (Å²) in [5.41, 5.74) is 0. The van der Waals surface area contributed by atoms with Crippen LogP contribution < -0.4 is 0 Å². The van der Waals surface area contributed by atoms with Crippen molar-refractivity contribution < 1.29 is 14.8 Å². The van der Waals surface area contributed by atoms with Gasteiger partial charge in [0.25, 0.3) is 0 Å². The Bertz CT molecular complexity index is 278. The molecule has 2 aliphatic rings. The quantitative estimate of drug-likeness (QED) is 0.673. The first-order valence-corrected chi connectivity index (χ1v) is 6.35. The Morgan fingerprint density at radius 2 is 1.88 bits per heavy atom. The maximum Gasteiger partial charge on any atom is 0.460 e. The van der Waals surface area contributed by atoms with Gasteiger partial charge in [0.2, 0.25) is 0 Å². The molecule has 2 rings (SSSR count). The van der Waals surface area contributed by atoms with Crippen LogP contribution in [-0.4, -0.2) is 59.7 Å². The minimum absolute atomic E-state index is 0.179. The van der Waals surface area contributed by atoms with Crippen molar-refractivity contribution in [3.8, 4) is 0 Å². The Morgan fingerprint density at radius 1 is 1.24 bits per heavy atom. The number of nitrogens with zero attached hydrogens (tertiary/aromatic N) is 2. The fourth-order valence-corrected chi connectivity index (χ4v) is 2.66. The molecule has 1 unspecified atom stereocenters. The molecule has 17 heavy (non-hydrogen) atoms. The highest BCUT2D eigenvalue weighted by atomic mass is 16.5.